The van der Waals surface area contributed by atoms with Crippen molar-refractivity contribution in [1.82, 2.24) is 0 Å². The molecule has 8 aromatic carbocycles. The normalized spacial score (nSPS) is 11.1. The fourth-order valence-corrected chi connectivity index (χ4v) is 7.31. The average molecular weight is 661 g/mol. The van der Waals surface area contributed by atoms with Gasteiger partial charge in [-0.05, 0) is 113 Å². The smallest absolute Gasteiger partial charge is 0.00926 e. The molecule has 0 spiro atoms. The zero-order valence-electron chi connectivity index (χ0n) is 28.8. The Balaban J connectivity index is 0.971. The second-order valence-electron chi connectivity index (χ2n) is 13.3. The zero-order valence-corrected chi connectivity index (χ0v) is 28.8. The summed E-state index contributed by atoms with van der Waals surface area (Å²) in [6.07, 6.45) is 4.58. The fraction of sp³-hybridized carbons (Fsp3) is 0. The summed E-state index contributed by atoms with van der Waals surface area (Å²) in [6, 6.07) is 74.2. The van der Waals surface area contributed by atoms with E-state index in [-0.39, 0.29) is 0 Å². The Bertz CT molecular complexity index is 2270. The largest absolute Gasteiger partial charge is 0.0622 e. The zero-order chi connectivity index (χ0) is 34.7. The molecule has 52 heavy (non-hydrogen) atoms. The molecule has 1 aliphatic carbocycles. The molecule has 0 saturated heterocycles. The lowest BCUT2D eigenvalue weighted by atomic mass is 9.78. The van der Waals surface area contributed by atoms with Gasteiger partial charge in [0.15, 0.2) is 0 Å². The summed E-state index contributed by atoms with van der Waals surface area (Å²) in [4.78, 5) is 0. The third kappa shape index (κ3) is 6.23. The van der Waals surface area contributed by atoms with E-state index >= 15 is 0 Å². The van der Waals surface area contributed by atoms with Crippen molar-refractivity contribution in [2.75, 3.05) is 0 Å². The second kappa shape index (κ2) is 13.9. The van der Waals surface area contributed by atoms with E-state index in [0.29, 0.717) is 0 Å². The molecule has 0 radical (unpaired) electrons. The molecule has 9 rings (SSSR count). The molecule has 8 aromatic rings. The summed E-state index contributed by atoms with van der Waals surface area (Å²) in [5.41, 5.74) is 19.9. The highest BCUT2D eigenvalue weighted by Crippen LogP contribution is 2.49. The highest BCUT2D eigenvalue weighted by atomic mass is 14.3. The van der Waals surface area contributed by atoms with E-state index in [1.54, 1.807) is 0 Å². The molecule has 0 amide bonds. The van der Waals surface area contributed by atoms with E-state index in [9.17, 15) is 0 Å². The molecule has 0 heteroatoms. The molecular weight excluding hydrogens is 625 g/mol. The predicted octanol–water partition coefficient (Wildman–Crippen LogP) is 13.8. The van der Waals surface area contributed by atoms with Gasteiger partial charge in [-0.15, -0.1) is 0 Å². The molecule has 0 aromatic heterocycles. The number of fused-ring (bicyclic) bond motifs is 4. The minimum absolute atomic E-state index is 1.18. The minimum Gasteiger partial charge on any atom is -0.0622 e. The monoisotopic (exact) mass is 660 g/mol. The lowest BCUT2D eigenvalue weighted by Crippen LogP contribution is -1.99. The standard InChI is InChI=1S/C52H36/c1-5-13-41(14-6-1)49(42-15-7-2-8-16-42)33-37-21-25-39(26-22-37)45-29-31-47-48-32-30-46(36-52(48)51(47)35-45)40-27-23-38(24-28-40)34-50(43-17-9-3-10-18-43)44-19-11-4-12-20-44/h1-36H. The quantitative estimate of drug-likeness (QED) is 0.142. The molecule has 0 heterocycles. The summed E-state index contributed by atoms with van der Waals surface area (Å²) in [5.74, 6) is 0. The Morgan fingerprint density at radius 2 is 0.538 bits per heavy atom. The van der Waals surface area contributed by atoms with Crippen LogP contribution in [0.5, 0.6) is 0 Å². The number of hydrogen-bond donors (Lipinski definition) is 0. The Labute approximate surface area is 306 Å². The van der Waals surface area contributed by atoms with Crippen LogP contribution in [0.25, 0.3) is 67.8 Å². The topological polar surface area (TPSA) is 0 Å². The summed E-state index contributed by atoms with van der Waals surface area (Å²) in [6.45, 7) is 0. The van der Waals surface area contributed by atoms with Gasteiger partial charge < -0.3 is 0 Å². The summed E-state index contributed by atoms with van der Waals surface area (Å²) in [7, 11) is 0. The van der Waals surface area contributed by atoms with Crippen LogP contribution in [0.1, 0.15) is 33.4 Å². The van der Waals surface area contributed by atoms with Crippen molar-refractivity contribution >= 4 is 23.3 Å². The molecule has 0 nitrogen and oxygen atoms in total. The first-order valence-electron chi connectivity index (χ1n) is 17.9. The van der Waals surface area contributed by atoms with Gasteiger partial charge in [0, 0.05) is 0 Å². The number of rotatable bonds is 8. The Hall–Kier alpha value is -6.76. The van der Waals surface area contributed by atoms with E-state index in [0.717, 1.165) is 0 Å². The molecule has 0 bridgehead atoms. The summed E-state index contributed by atoms with van der Waals surface area (Å²) >= 11 is 0. The van der Waals surface area contributed by atoms with Crippen LogP contribution in [-0.4, -0.2) is 0 Å². The van der Waals surface area contributed by atoms with Crippen molar-refractivity contribution in [2.24, 2.45) is 0 Å². The van der Waals surface area contributed by atoms with Gasteiger partial charge in [0.05, 0.1) is 0 Å². The lowest BCUT2D eigenvalue weighted by Gasteiger charge is -2.25. The van der Waals surface area contributed by atoms with Crippen molar-refractivity contribution in [3.63, 3.8) is 0 Å². The van der Waals surface area contributed by atoms with Gasteiger partial charge in [0.1, 0.15) is 0 Å². The van der Waals surface area contributed by atoms with Crippen molar-refractivity contribution in [2.45, 2.75) is 0 Å². The Morgan fingerprint density at radius 1 is 0.250 bits per heavy atom. The van der Waals surface area contributed by atoms with E-state index in [4.69, 9.17) is 0 Å². The van der Waals surface area contributed by atoms with Crippen LogP contribution in [0.2, 0.25) is 0 Å². The van der Waals surface area contributed by atoms with Crippen molar-refractivity contribution < 1.29 is 0 Å². The molecular formula is C52H36. The van der Waals surface area contributed by atoms with Crippen LogP contribution in [0, 0.1) is 0 Å². The highest BCUT2D eigenvalue weighted by Gasteiger charge is 2.23. The minimum atomic E-state index is 1.18. The predicted molar refractivity (Wildman–Crippen MR) is 221 cm³/mol. The van der Waals surface area contributed by atoms with Crippen LogP contribution in [0.4, 0.5) is 0 Å². The average Bonchev–Trinajstić information content (AvgIpc) is 3.22. The first-order valence-corrected chi connectivity index (χ1v) is 17.9. The van der Waals surface area contributed by atoms with E-state index < -0.39 is 0 Å². The van der Waals surface area contributed by atoms with Gasteiger partial charge in [-0.1, -0.05) is 194 Å². The van der Waals surface area contributed by atoms with Crippen LogP contribution in [-0.2, 0) is 0 Å². The van der Waals surface area contributed by atoms with Crippen molar-refractivity contribution in [3.05, 3.63) is 240 Å². The molecule has 0 fully saturated rings. The van der Waals surface area contributed by atoms with Crippen LogP contribution >= 0.6 is 0 Å². The van der Waals surface area contributed by atoms with Crippen LogP contribution < -0.4 is 0 Å². The first kappa shape index (κ1) is 31.2. The van der Waals surface area contributed by atoms with Gasteiger partial charge in [-0.3, -0.25) is 0 Å². The third-order valence-electron chi connectivity index (χ3n) is 10.1. The molecule has 0 N–H and O–H groups in total. The number of hydrogen-bond acceptors (Lipinski definition) is 0. The second-order valence-corrected chi connectivity index (χ2v) is 13.3. The maximum absolute atomic E-state index is 2.36. The van der Waals surface area contributed by atoms with E-state index in [1.807, 2.05) is 0 Å². The molecule has 0 atom stereocenters. The fourth-order valence-electron chi connectivity index (χ4n) is 7.31. The number of benzene rings is 8. The van der Waals surface area contributed by atoms with Crippen molar-refractivity contribution in [3.8, 4) is 44.5 Å². The summed E-state index contributed by atoms with van der Waals surface area (Å²) < 4.78 is 0. The van der Waals surface area contributed by atoms with E-state index in [2.05, 4.69) is 218 Å². The lowest BCUT2D eigenvalue weighted by molar-refractivity contribution is 1.50. The SMILES string of the molecule is C(=C(c1ccccc1)c1ccccc1)c1ccc(-c2ccc3c(c2)-c2cc(-c4ccc(C=C(c5ccccc5)c5ccccc5)cc4)ccc2-3)cc1. The first-order chi connectivity index (χ1) is 25.8. The van der Waals surface area contributed by atoms with Gasteiger partial charge in [-0.25, -0.2) is 0 Å². The molecule has 0 saturated carbocycles. The molecule has 0 aliphatic heterocycles. The van der Waals surface area contributed by atoms with E-state index in [1.165, 1.54) is 89.0 Å². The van der Waals surface area contributed by atoms with Crippen LogP contribution in [0.3, 0.4) is 0 Å². The molecule has 244 valence electrons. The van der Waals surface area contributed by atoms with Gasteiger partial charge in [-0.2, -0.15) is 0 Å². The summed E-state index contributed by atoms with van der Waals surface area (Å²) in [5, 5.41) is 0. The van der Waals surface area contributed by atoms with Gasteiger partial charge in [0.2, 0.25) is 0 Å². The van der Waals surface area contributed by atoms with Gasteiger partial charge in [0.25, 0.3) is 0 Å². The Morgan fingerprint density at radius 3 is 0.846 bits per heavy atom. The maximum Gasteiger partial charge on any atom is -0.00926 e. The highest BCUT2D eigenvalue weighted by molar-refractivity contribution is 6.05. The molecule has 1 aliphatic rings. The van der Waals surface area contributed by atoms with Crippen molar-refractivity contribution in [1.29, 1.82) is 0 Å². The van der Waals surface area contributed by atoms with Gasteiger partial charge >= 0.3 is 0 Å². The third-order valence-corrected chi connectivity index (χ3v) is 10.1. The Kier molecular flexibility index (Phi) is 8.33. The van der Waals surface area contributed by atoms with Crippen LogP contribution in [0.15, 0.2) is 206 Å². The molecule has 0 unspecified atom stereocenters. The maximum atomic E-state index is 2.36.